The second-order valence-electron chi connectivity index (χ2n) is 3.52. The van der Waals surface area contributed by atoms with Crippen LogP contribution in [0.3, 0.4) is 0 Å². The number of hydrogen-bond acceptors (Lipinski definition) is 4. The molecular formula is C12H18N2O2. The summed E-state index contributed by atoms with van der Waals surface area (Å²) < 4.78 is 4.84. The first-order valence-corrected chi connectivity index (χ1v) is 5.53. The number of rotatable bonds is 6. The minimum atomic E-state index is -0.159. The fourth-order valence-electron chi connectivity index (χ4n) is 1.37. The number of nitrogens with one attached hydrogen (secondary N) is 1. The van der Waals surface area contributed by atoms with Gasteiger partial charge >= 0.3 is 5.97 Å². The molecule has 1 aromatic heterocycles. The number of hydrogen-bond donors (Lipinski definition) is 1. The van der Waals surface area contributed by atoms with Gasteiger partial charge in [-0.1, -0.05) is 6.07 Å². The van der Waals surface area contributed by atoms with Gasteiger partial charge in [0.25, 0.3) is 0 Å². The number of pyridine rings is 1. The van der Waals surface area contributed by atoms with Crippen molar-refractivity contribution in [3.05, 3.63) is 30.1 Å². The standard InChI is InChI=1S/C12H18N2O2/c1-3-16-12(15)6-8-14-10(2)11-5-4-7-13-9-11/h4-5,7,9-10,14H,3,6,8H2,1-2H3. The van der Waals surface area contributed by atoms with E-state index in [2.05, 4.69) is 10.3 Å². The maximum atomic E-state index is 11.1. The van der Waals surface area contributed by atoms with E-state index < -0.39 is 0 Å². The second-order valence-corrected chi connectivity index (χ2v) is 3.52. The maximum Gasteiger partial charge on any atom is 0.307 e. The zero-order valence-electron chi connectivity index (χ0n) is 9.77. The third-order valence-corrected chi connectivity index (χ3v) is 2.27. The Morgan fingerprint density at radius 1 is 1.62 bits per heavy atom. The molecule has 1 atom stereocenters. The van der Waals surface area contributed by atoms with E-state index in [0.29, 0.717) is 19.6 Å². The van der Waals surface area contributed by atoms with Crippen LogP contribution < -0.4 is 5.32 Å². The molecule has 0 radical (unpaired) electrons. The van der Waals surface area contributed by atoms with Gasteiger partial charge in [-0.15, -0.1) is 0 Å². The van der Waals surface area contributed by atoms with E-state index >= 15 is 0 Å². The number of aromatic nitrogens is 1. The summed E-state index contributed by atoms with van der Waals surface area (Å²) in [6, 6.07) is 4.11. The van der Waals surface area contributed by atoms with Gasteiger partial charge in [0.2, 0.25) is 0 Å². The van der Waals surface area contributed by atoms with E-state index in [1.54, 1.807) is 6.20 Å². The second kappa shape index (κ2) is 6.95. The van der Waals surface area contributed by atoms with Crippen LogP contribution in [-0.2, 0) is 9.53 Å². The Labute approximate surface area is 96.0 Å². The topological polar surface area (TPSA) is 51.2 Å². The van der Waals surface area contributed by atoms with Crippen LogP contribution in [0.4, 0.5) is 0 Å². The Hall–Kier alpha value is -1.42. The summed E-state index contributed by atoms with van der Waals surface area (Å²) >= 11 is 0. The molecule has 1 rings (SSSR count). The van der Waals surface area contributed by atoms with E-state index in [4.69, 9.17) is 4.74 Å². The van der Waals surface area contributed by atoms with Crippen LogP contribution in [0.1, 0.15) is 31.9 Å². The molecule has 0 saturated carbocycles. The highest BCUT2D eigenvalue weighted by atomic mass is 16.5. The molecule has 4 nitrogen and oxygen atoms in total. The monoisotopic (exact) mass is 222 g/mol. The first-order valence-electron chi connectivity index (χ1n) is 5.53. The molecule has 0 spiro atoms. The van der Waals surface area contributed by atoms with Crippen molar-refractivity contribution >= 4 is 5.97 Å². The van der Waals surface area contributed by atoms with Crippen LogP contribution in [0, 0.1) is 0 Å². The van der Waals surface area contributed by atoms with Gasteiger partial charge in [-0.2, -0.15) is 0 Å². The molecule has 88 valence electrons. The summed E-state index contributed by atoms with van der Waals surface area (Å²) in [5.74, 6) is -0.159. The Morgan fingerprint density at radius 3 is 3.06 bits per heavy atom. The highest BCUT2D eigenvalue weighted by Gasteiger charge is 2.06. The predicted octanol–water partition coefficient (Wildman–Crippen LogP) is 1.69. The minimum Gasteiger partial charge on any atom is -0.466 e. The molecule has 0 saturated heterocycles. The molecule has 16 heavy (non-hydrogen) atoms. The number of nitrogens with zero attached hydrogens (tertiary/aromatic N) is 1. The van der Waals surface area contributed by atoms with Gasteiger partial charge in [-0.05, 0) is 25.5 Å². The number of ether oxygens (including phenoxy) is 1. The Balaban J connectivity index is 2.26. The van der Waals surface area contributed by atoms with Gasteiger partial charge < -0.3 is 10.1 Å². The highest BCUT2D eigenvalue weighted by molar-refractivity contribution is 5.69. The first kappa shape index (κ1) is 12.6. The lowest BCUT2D eigenvalue weighted by atomic mass is 10.1. The highest BCUT2D eigenvalue weighted by Crippen LogP contribution is 2.09. The van der Waals surface area contributed by atoms with Crippen molar-refractivity contribution in [2.75, 3.05) is 13.2 Å². The average Bonchev–Trinajstić information content (AvgIpc) is 2.30. The lowest BCUT2D eigenvalue weighted by Crippen LogP contribution is -2.22. The summed E-state index contributed by atoms with van der Waals surface area (Å²) in [5, 5.41) is 3.25. The SMILES string of the molecule is CCOC(=O)CCNC(C)c1cccnc1. The molecule has 0 amide bonds. The quantitative estimate of drug-likeness (QED) is 0.744. The molecule has 4 heteroatoms. The van der Waals surface area contributed by atoms with Gasteiger partial charge in [0.05, 0.1) is 13.0 Å². The van der Waals surface area contributed by atoms with E-state index in [0.717, 1.165) is 5.56 Å². The average molecular weight is 222 g/mol. The lowest BCUT2D eigenvalue weighted by molar-refractivity contribution is -0.143. The smallest absolute Gasteiger partial charge is 0.307 e. The van der Waals surface area contributed by atoms with Crippen molar-refractivity contribution in [2.45, 2.75) is 26.3 Å². The van der Waals surface area contributed by atoms with Crippen molar-refractivity contribution in [3.63, 3.8) is 0 Å². The Bertz CT molecular complexity index is 314. The summed E-state index contributed by atoms with van der Waals surface area (Å²) in [6.45, 7) is 4.91. The first-order chi connectivity index (χ1) is 7.74. The number of carbonyl (C=O) groups excluding carboxylic acids is 1. The van der Waals surface area contributed by atoms with E-state index in [-0.39, 0.29) is 12.0 Å². The van der Waals surface area contributed by atoms with Gasteiger partial charge in [-0.3, -0.25) is 9.78 Å². The van der Waals surface area contributed by atoms with Gasteiger partial charge in [0, 0.05) is 25.0 Å². The zero-order chi connectivity index (χ0) is 11.8. The lowest BCUT2D eigenvalue weighted by Gasteiger charge is -2.13. The van der Waals surface area contributed by atoms with Crippen LogP contribution in [0.25, 0.3) is 0 Å². The van der Waals surface area contributed by atoms with Gasteiger partial charge in [0.1, 0.15) is 0 Å². The summed E-state index contributed by atoms with van der Waals surface area (Å²) in [4.78, 5) is 15.1. The molecular weight excluding hydrogens is 204 g/mol. The maximum absolute atomic E-state index is 11.1. The molecule has 0 fully saturated rings. The van der Waals surface area contributed by atoms with Crippen molar-refractivity contribution in [2.24, 2.45) is 0 Å². The molecule has 0 aliphatic carbocycles. The minimum absolute atomic E-state index is 0.159. The molecule has 0 aliphatic heterocycles. The summed E-state index contributed by atoms with van der Waals surface area (Å²) in [5.41, 5.74) is 1.12. The third kappa shape index (κ3) is 4.40. The summed E-state index contributed by atoms with van der Waals surface area (Å²) in [6.07, 6.45) is 3.97. The van der Waals surface area contributed by atoms with Crippen LogP contribution in [0.5, 0.6) is 0 Å². The number of carbonyl (C=O) groups is 1. The Morgan fingerprint density at radius 2 is 2.44 bits per heavy atom. The van der Waals surface area contributed by atoms with Crippen LogP contribution in [0.2, 0.25) is 0 Å². The Kier molecular flexibility index (Phi) is 5.50. The van der Waals surface area contributed by atoms with Gasteiger partial charge in [-0.25, -0.2) is 0 Å². The molecule has 1 unspecified atom stereocenters. The van der Waals surface area contributed by atoms with Crippen molar-refractivity contribution < 1.29 is 9.53 Å². The normalized spacial score (nSPS) is 12.1. The van der Waals surface area contributed by atoms with E-state index in [1.807, 2.05) is 32.2 Å². The molecule has 0 bridgehead atoms. The predicted molar refractivity (Wildman–Crippen MR) is 61.9 cm³/mol. The van der Waals surface area contributed by atoms with Crippen molar-refractivity contribution in [1.29, 1.82) is 0 Å². The van der Waals surface area contributed by atoms with E-state index in [1.165, 1.54) is 0 Å². The van der Waals surface area contributed by atoms with Crippen LogP contribution >= 0.6 is 0 Å². The molecule has 0 aromatic carbocycles. The van der Waals surface area contributed by atoms with Crippen molar-refractivity contribution in [3.8, 4) is 0 Å². The molecule has 0 aliphatic rings. The molecule has 1 N–H and O–H groups in total. The van der Waals surface area contributed by atoms with Crippen LogP contribution in [-0.4, -0.2) is 24.1 Å². The third-order valence-electron chi connectivity index (χ3n) is 2.27. The fourth-order valence-corrected chi connectivity index (χ4v) is 1.37. The largest absolute Gasteiger partial charge is 0.466 e. The van der Waals surface area contributed by atoms with Gasteiger partial charge in [0.15, 0.2) is 0 Å². The molecule has 1 aromatic rings. The number of esters is 1. The van der Waals surface area contributed by atoms with Crippen LogP contribution in [0.15, 0.2) is 24.5 Å². The zero-order valence-corrected chi connectivity index (χ0v) is 9.77. The van der Waals surface area contributed by atoms with Crippen molar-refractivity contribution in [1.82, 2.24) is 10.3 Å². The van der Waals surface area contributed by atoms with E-state index in [9.17, 15) is 4.79 Å². The molecule has 1 heterocycles. The fraction of sp³-hybridized carbons (Fsp3) is 0.500. The summed E-state index contributed by atoms with van der Waals surface area (Å²) in [7, 11) is 0.